The summed E-state index contributed by atoms with van der Waals surface area (Å²) in [4.78, 5) is 10.9. The number of hydrogen-bond acceptors (Lipinski definition) is 4. The van der Waals surface area contributed by atoms with Gasteiger partial charge in [0.05, 0.1) is 6.54 Å². The van der Waals surface area contributed by atoms with E-state index >= 15 is 0 Å². The molecule has 0 aromatic heterocycles. The van der Waals surface area contributed by atoms with Gasteiger partial charge in [-0.15, -0.1) is 0 Å². The molecule has 1 aromatic rings. The molecule has 3 N–H and O–H groups in total. The van der Waals surface area contributed by atoms with E-state index < -0.39 is 21.7 Å². The zero-order valence-electron chi connectivity index (χ0n) is 7.30. The zero-order valence-corrected chi connectivity index (χ0v) is 8.12. The molecule has 0 aliphatic rings. The molecule has 0 radical (unpaired) electrons. The lowest BCUT2D eigenvalue weighted by Crippen LogP contribution is -2.29. The minimum Gasteiger partial charge on any atom is -0.323 e. The zero-order chi connectivity index (χ0) is 10.6. The monoisotopic (exact) mass is 214 g/mol. The summed E-state index contributed by atoms with van der Waals surface area (Å²) < 4.78 is 24.5. The molecule has 1 aromatic carbocycles. The normalized spacial score (nSPS) is 10.9. The summed E-state index contributed by atoms with van der Waals surface area (Å²) in [5.41, 5.74) is 5.29. The van der Waals surface area contributed by atoms with Gasteiger partial charge in [0, 0.05) is 5.69 Å². The van der Waals surface area contributed by atoms with Crippen LogP contribution < -0.4 is 10.5 Å². The number of sulfonamides is 1. The van der Waals surface area contributed by atoms with E-state index in [9.17, 15) is 13.2 Å². The van der Waals surface area contributed by atoms with Crippen LogP contribution in [0, 0.1) is 0 Å². The Balaban J connectivity index is 2.85. The molecule has 0 unspecified atom stereocenters. The number of nitrogens with two attached hydrogens (primary N) is 1. The third-order valence-corrected chi connectivity index (χ3v) is 2.76. The molecule has 5 nitrogen and oxygen atoms in total. The highest BCUT2D eigenvalue weighted by atomic mass is 32.2. The van der Waals surface area contributed by atoms with Gasteiger partial charge in [0.1, 0.15) is 0 Å². The molecule has 0 saturated carbocycles. The maximum absolute atomic E-state index is 11.2. The second-order valence-electron chi connectivity index (χ2n) is 2.55. The fraction of sp³-hybridized carbons (Fsp3) is 0.125. The van der Waals surface area contributed by atoms with E-state index in [0.717, 1.165) is 0 Å². The number of carbonyl (C=O) groups excluding carboxylic acids is 1. The van der Waals surface area contributed by atoms with Crippen LogP contribution in [0.1, 0.15) is 0 Å². The summed E-state index contributed by atoms with van der Waals surface area (Å²) in [6, 6.07) is 8.14. The van der Waals surface area contributed by atoms with Crippen LogP contribution >= 0.6 is 0 Å². The molecule has 0 aliphatic carbocycles. The number of carbonyl (C=O) groups is 1. The molecule has 0 bridgehead atoms. The maximum Gasteiger partial charge on any atom is 0.297 e. The van der Waals surface area contributed by atoms with Gasteiger partial charge in [-0.3, -0.25) is 9.52 Å². The lowest BCUT2D eigenvalue weighted by Gasteiger charge is -2.04. The number of benzene rings is 1. The summed E-state index contributed by atoms with van der Waals surface area (Å²) in [6.45, 7) is -0.526. The average molecular weight is 214 g/mol. The summed E-state index contributed by atoms with van der Waals surface area (Å²) in [5.74, 6) is 0. The first-order valence-corrected chi connectivity index (χ1v) is 5.35. The molecule has 0 aliphatic heterocycles. The van der Waals surface area contributed by atoms with Gasteiger partial charge < -0.3 is 5.73 Å². The predicted molar refractivity (Wildman–Crippen MR) is 53.0 cm³/mol. The third kappa shape index (κ3) is 2.54. The highest BCUT2D eigenvalue weighted by Gasteiger charge is 2.19. The van der Waals surface area contributed by atoms with Crippen molar-refractivity contribution in [2.75, 3.05) is 11.3 Å². The van der Waals surface area contributed by atoms with Crippen LogP contribution in [0.25, 0.3) is 0 Å². The van der Waals surface area contributed by atoms with Crippen molar-refractivity contribution in [2.45, 2.75) is 0 Å². The molecule has 76 valence electrons. The van der Waals surface area contributed by atoms with Gasteiger partial charge in [-0.05, 0) is 12.1 Å². The van der Waals surface area contributed by atoms with Crippen LogP contribution in [0.2, 0.25) is 0 Å². The van der Waals surface area contributed by atoms with E-state index in [0.29, 0.717) is 5.69 Å². The first-order chi connectivity index (χ1) is 6.56. The molecule has 14 heavy (non-hydrogen) atoms. The van der Waals surface area contributed by atoms with Gasteiger partial charge >= 0.3 is 0 Å². The molecule has 0 heterocycles. The Morgan fingerprint density at radius 3 is 2.36 bits per heavy atom. The lowest BCUT2D eigenvalue weighted by atomic mass is 10.3. The molecule has 0 amide bonds. The lowest BCUT2D eigenvalue weighted by molar-refractivity contribution is -0.110. The Kier molecular flexibility index (Phi) is 3.21. The Labute approximate surface area is 82.0 Å². The van der Waals surface area contributed by atoms with Gasteiger partial charge in [-0.25, -0.2) is 0 Å². The van der Waals surface area contributed by atoms with Crippen LogP contribution in [0.4, 0.5) is 5.69 Å². The van der Waals surface area contributed by atoms with Crippen LogP contribution in [-0.4, -0.2) is 20.1 Å². The van der Waals surface area contributed by atoms with Crippen molar-refractivity contribution in [3.8, 4) is 0 Å². The highest BCUT2D eigenvalue weighted by molar-refractivity contribution is 8.07. The van der Waals surface area contributed by atoms with Crippen molar-refractivity contribution >= 4 is 20.8 Å². The second kappa shape index (κ2) is 4.21. The Morgan fingerprint density at radius 1 is 1.29 bits per heavy atom. The van der Waals surface area contributed by atoms with E-state index in [1.165, 1.54) is 0 Å². The number of para-hydroxylation sites is 1. The van der Waals surface area contributed by atoms with Gasteiger partial charge in [0.2, 0.25) is 0 Å². The fourth-order valence-corrected chi connectivity index (χ4v) is 1.61. The average Bonchev–Trinajstić information content (AvgIpc) is 2.17. The van der Waals surface area contributed by atoms with Crippen molar-refractivity contribution in [3.05, 3.63) is 30.3 Å². The maximum atomic E-state index is 11.2. The van der Waals surface area contributed by atoms with E-state index in [1.54, 1.807) is 30.3 Å². The SMILES string of the molecule is NCC(=O)S(=O)(=O)Nc1ccccc1. The fourth-order valence-electron chi connectivity index (χ4n) is 0.828. The van der Waals surface area contributed by atoms with Gasteiger partial charge in [-0.2, -0.15) is 8.42 Å². The number of nitrogens with one attached hydrogen (secondary N) is 1. The topological polar surface area (TPSA) is 89.3 Å². The van der Waals surface area contributed by atoms with Gasteiger partial charge in [0.25, 0.3) is 15.1 Å². The molecular weight excluding hydrogens is 204 g/mol. The highest BCUT2D eigenvalue weighted by Crippen LogP contribution is 2.07. The molecule has 1 rings (SSSR count). The minimum absolute atomic E-state index is 0.342. The summed E-state index contributed by atoms with van der Waals surface area (Å²) >= 11 is 0. The van der Waals surface area contributed by atoms with Gasteiger partial charge in [-0.1, -0.05) is 18.2 Å². The molecule has 6 heteroatoms. The van der Waals surface area contributed by atoms with Crippen molar-refractivity contribution in [1.29, 1.82) is 0 Å². The van der Waals surface area contributed by atoms with E-state index in [2.05, 4.69) is 4.72 Å². The minimum atomic E-state index is -3.98. The third-order valence-electron chi connectivity index (χ3n) is 1.49. The van der Waals surface area contributed by atoms with Crippen LogP contribution in [-0.2, 0) is 14.8 Å². The first kappa shape index (κ1) is 10.7. The van der Waals surface area contributed by atoms with Crippen LogP contribution in [0.5, 0.6) is 0 Å². The quantitative estimate of drug-likeness (QED) is 0.736. The smallest absolute Gasteiger partial charge is 0.297 e. The second-order valence-corrected chi connectivity index (χ2v) is 4.21. The van der Waals surface area contributed by atoms with Crippen molar-refractivity contribution < 1.29 is 13.2 Å². The summed E-state index contributed by atoms with van der Waals surface area (Å²) in [6.07, 6.45) is 0. The van der Waals surface area contributed by atoms with Crippen molar-refractivity contribution in [3.63, 3.8) is 0 Å². The van der Waals surface area contributed by atoms with Crippen LogP contribution in [0.3, 0.4) is 0 Å². The van der Waals surface area contributed by atoms with E-state index in [4.69, 9.17) is 5.73 Å². The summed E-state index contributed by atoms with van der Waals surface area (Å²) in [7, 11) is -3.98. The molecule has 0 fully saturated rings. The Hall–Kier alpha value is -1.40. The van der Waals surface area contributed by atoms with E-state index in [-0.39, 0.29) is 0 Å². The number of hydrogen-bond donors (Lipinski definition) is 2. The standard InChI is InChI=1S/C8H10N2O3S/c9-6-8(11)14(12,13)10-7-4-2-1-3-5-7/h1-5,10H,6,9H2. The van der Waals surface area contributed by atoms with E-state index in [1.807, 2.05) is 0 Å². The van der Waals surface area contributed by atoms with Gasteiger partial charge in [0.15, 0.2) is 0 Å². The Morgan fingerprint density at radius 2 is 1.86 bits per heavy atom. The van der Waals surface area contributed by atoms with Crippen molar-refractivity contribution in [1.82, 2.24) is 0 Å². The predicted octanol–water partition coefficient (Wildman–Crippen LogP) is -0.0864. The first-order valence-electron chi connectivity index (χ1n) is 3.87. The molecule has 0 spiro atoms. The molecular formula is C8H10N2O3S. The molecule has 0 atom stereocenters. The molecule has 0 saturated heterocycles. The largest absolute Gasteiger partial charge is 0.323 e. The Bertz CT molecular complexity index is 413. The van der Waals surface area contributed by atoms with Crippen molar-refractivity contribution in [2.24, 2.45) is 5.73 Å². The number of rotatable bonds is 3. The summed E-state index contributed by atoms with van der Waals surface area (Å²) in [5, 5.41) is -1.03. The number of anilines is 1. The van der Waals surface area contributed by atoms with Crippen LogP contribution in [0.15, 0.2) is 30.3 Å².